The number of rotatable bonds is 24. The summed E-state index contributed by atoms with van der Waals surface area (Å²) in [7, 11) is 0. The number of halogens is 7. The normalized spacial score (nSPS) is 13.5. The number of hydrogen-bond acceptors (Lipinski definition) is 14. The van der Waals surface area contributed by atoms with E-state index in [1.807, 2.05) is 6.92 Å². The number of carbonyl (C=O) groups excluding carboxylic acids is 7. The Kier molecular flexibility index (Phi) is 38.2. The number of para-hydroxylation sites is 2. The molecule has 0 radical (unpaired) electrons. The molecular weight excluding hydrogens is 1420 g/mol. The number of alkyl halides is 1. The van der Waals surface area contributed by atoms with E-state index in [0.717, 1.165) is 18.8 Å². The zero-order valence-corrected chi connectivity index (χ0v) is 63.2. The van der Waals surface area contributed by atoms with E-state index >= 15 is 0 Å². The minimum Gasteiger partial charge on any atom is -1.00 e. The largest absolute Gasteiger partial charge is 1.00 e. The number of primary amides is 2. The Morgan fingerprint density at radius 2 is 1.11 bits per heavy atom. The topological polar surface area (TPSA) is 342 Å². The number of aryl methyl sites for hydroxylation is 1. The van der Waals surface area contributed by atoms with Crippen LogP contribution in [0, 0.1) is 35.2 Å². The smallest absolute Gasteiger partial charge is 1.00 e. The molecule has 3 atom stereocenters. The molecule has 5 amide bonds. The predicted molar refractivity (Wildman–Crippen MR) is 348 cm³/mol. The van der Waals surface area contributed by atoms with Crippen LogP contribution in [-0.2, 0) is 66.3 Å². The summed E-state index contributed by atoms with van der Waals surface area (Å²) in [5.41, 5.74) is 18.6. The third kappa shape index (κ3) is 28.2. The van der Waals surface area contributed by atoms with Gasteiger partial charge in [-0.15, -0.1) is 0 Å². The van der Waals surface area contributed by atoms with Crippen molar-refractivity contribution in [2.24, 2.45) is 35.0 Å². The maximum atomic E-state index is 14.1. The first-order valence-electron chi connectivity index (χ1n) is 29.4. The molecule has 3 aliphatic carbocycles. The summed E-state index contributed by atoms with van der Waals surface area (Å²) in [4.78, 5) is 94.9. The Hall–Kier alpha value is -4.71. The van der Waals surface area contributed by atoms with Crippen molar-refractivity contribution in [2.45, 2.75) is 116 Å². The Balaban J connectivity index is 0.000000433. The fourth-order valence-electron chi connectivity index (χ4n) is 9.25. The van der Waals surface area contributed by atoms with Crippen molar-refractivity contribution in [1.82, 2.24) is 40.4 Å². The van der Waals surface area contributed by atoms with Gasteiger partial charge in [-0.2, -0.15) is 10.2 Å². The second kappa shape index (κ2) is 43.0. The third-order valence-corrected chi connectivity index (χ3v) is 16.5. The first kappa shape index (κ1) is 84.5. The first-order valence-corrected chi connectivity index (χ1v) is 31.7. The molecule has 10 rings (SSSR count). The van der Waals surface area contributed by atoms with Crippen LogP contribution in [0.2, 0.25) is 15.1 Å². The van der Waals surface area contributed by atoms with Crippen LogP contribution in [0.4, 0.5) is 13.2 Å². The van der Waals surface area contributed by atoms with Crippen LogP contribution in [0.3, 0.4) is 0 Å². The van der Waals surface area contributed by atoms with Gasteiger partial charge in [0.15, 0.2) is 11.4 Å². The summed E-state index contributed by atoms with van der Waals surface area (Å²) in [6.45, 7) is 5.64. The number of nitrogens with one attached hydrogen (secondary N) is 3. The molecule has 2 aromatic heterocycles. The van der Waals surface area contributed by atoms with Crippen LogP contribution in [0.15, 0.2) is 103 Å². The second-order valence-corrected chi connectivity index (χ2v) is 23.8. The van der Waals surface area contributed by atoms with Gasteiger partial charge in [0.2, 0.25) is 17.7 Å². The molecule has 95 heavy (non-hydrogen) atoms. The number of hydrogen-bond donors (Lipinski definition) is 7. The maximum absolute atomic E-state index is 14.1. The van der Waals surface area contributed by atoms with E-state index < -0.39 is 41.1 Å². The number of fused-ring (bicyclic) bond motifs is 2. The number of carboxylic acids is 1. The SMILES string of the molecule is C[C@@H](N)C1CC1.C[C@@H](NCC(=O)NCc1cccc(Cl)c1F)C1CC1.C[C@H](C1CC1)N(CC(=O)NCc1cccc(Cl)c1F)C(=O)Cn1nc(C(N)=O)c2ccccc21.NC(=O)c1nn(CC(=O)O)c2ccccc12.O=C(CBr)CCc1cccc(Cl)c1F.O=CO[O-].[H-].[K+].[K+]. The molecule has 3 fully saturated rings. The number of benzene rings is 5. The van der Waals surface area contributed by atoms with Gasteiger partial charge < -0.3 is 54.7 Å². The fraction of sp³-hybridized carbons (Fsp3) is 0.375. The van der Waals surface area contributed by atoms with Crippen molar-refractivity contribution in [1.29, 1.82) is 0 Å². The van der Waals surface area contributed by atoms with Gasteiger partial charge in [-0.3, -0.25) is 47.7 Å². The summed E-state index contributed by atoms with van der Waals surface area (Å²) in [5, 5.41) is 35.4. The van der Waals surface area contributed by atoms with Crippen molar-refractivity contribution in [3.63, 3.8) is 0 Å². The Morgan fingerprint density at radius 3 is 1.51 bits per heavy atom. The molecule has 2 heterocycles. The van der Waals surface area contributed by atoms with Gasteiger partial charge >= 0.3 is 109 Å². The van der Waals surface area contributed by atoms with Crippen molar-refractivity contribution in [3.05, 3.63) is 164 Å². The number of nitrogens with zero attached hydrogens (tertiary/aromatic N) is 5. The zero-order chi connectivity index (χ0) is 68.5. The average Bonchev–Trinajstić information content (AvgIpc) is 1.65. The number of Topliss-reactive ketones (excluding diaryl/α,β-unsaturated/α-hetero) is 1. The van der Waals surface area contributed by atoms with E-state index in [-0.39, 0.29) is 206 Å². The molecule has 22 nitrogen and oxygen atoms in total. The molecule has 502 valence electrons. The van der Waals surface area contributed by atoms with E-state index in [2.05, 4.69) is 60.8 Å². The molecule has 0 aliphatic heterocycles. The Bertz CT molecular complexity index is 3740. The molecule has 31 heteroatoms. The van der Waals surface area contributed by atoms with E-state index in [1.165, 1.54) is 64.2 Å². The van der Waals surface area contributed by atoms with E-state index in [0.29, 0.717) is 75.0 Å². The first-order chi connectivity index (χ1) is 44.3. The third-order valence-electron chi connectivity index (χ3n) is 15.0. The molecule has 10 N–H and O–H groups in total. The minimum atomic E-state index is -1.02. The molecule has 0 spiro atoms. The van der Waals surface area contributed by atoms with Gasteiger partial charge in [0.25, 0.3) is 18.3 Å². The van der Waals surface area contributed by atoms with Gasteiger partial charge in [-0.05, 0) is 119 Å². The molecule has 3 saturated carbocycles. The number of carbonyl (C=O) groups is 8. The maximum Gasteiger partial charge on any atom is 1.00 e. The molecular formula is C64H74BrCl3F3K2N11O11. The molecule has 0 saturated heterocycles. The molecule has 7 aromatic rings. The second-order valence-electron chi connectivity index (χ2n) is 22.0. The average molecular weight is 1490 g/mol. The van der Waals surface area contributed by atoms with Gasteiger partial charge in [-0.25, -0.2) is 13.2 Å². The van der Waals surface area contributed by atoms with Crippen LogP contribution in [0.1, 0.15) is 105 Å². The Morgan fingerprint density at radius 1 is 0.684 bits per heavy atom. The summed E-state index contributed by atoms with van der Waals surface area (Å²) >= 11 is 20.1. The number of carboxylic acid groups (broad SMARTS) is 1. The van der Waals surface area contributed by atoms with Crippen molar-refractivity contribution >= 4 is 120 Å². The summed E-state index contributed by atoms with van der Waals surface area (Å²) in [6.07, 6.45) is 7.93. The number of aromatic nitrogens is 4. The number of nitrogens with two attached hydrogens (primary N) is 3. The summed E-state index contributed by atoms with van der Waals surface area (Å²) < 4.78 is 43.7. The van der Waals surface area contributed by atoms with Gasteiger partial charge in [-0.1, -0.05) is 124 Å². The van der Waals surface area contributed by atoms with Crippen molar-refractivity contribution in [3.8, 4) is 0 Å². The molecule has 3 aliphatic rings. The van der Waals surface area contributed by atoms with Crippen LogP contribution in [-0.4, -0.2) is 114 Å². The van der Waals surface area contributed by atoms with Gasteiger partial charge in [0.05, 0.1) is 44.5 Å². The van der Waals surface area contributed by atoms with Crippen LogP contribution >= 0.6 is 50.7 Å². The standard InChI is InChI=1S/C24H25ClFN5O3.C14H18ClFN2O.C10H9BrClFO.C10H9N3O3.C5H11N.CH2O3.2K.H/c1-14(15-9-10-15)30(12-20(32)28-11-16-5-4-7-18(25)22(16)26)21(33)13-31-19-8-3-2-6-17(19)23(29-31)24(27)34;1-9(10-5-6-10)17-8-13(19)18-7-11-3-2-4-12(15)14(11)16;11-6-8(14)5-4-7-2-1-3-9(12)10(7)13;11-10(16)9-6-3-1-2-4-7(6)13(12-9)5-8(14)15;1-4(6)5-2-3-5;2-1-4-3;;;/h2-8,14-15H,9-13H2,1H3,(H2,27,34)(H,28,32);2-4,9-10,17H,5-8H2,1H3,(H,18,19);1-3H,4-6H2;1-4H,5H2,(H2,11,16)(H,14,15);4-5H,2-3,6H2,1H3;1,3H;;;/q;;;;;;2*+1;-1/p-1/t14-;9-;;;4-;;;;/m11..1..../s1. The molecule has 0 bridgehead atoms. The van der Waals surface area contributed by atoms with Crippen molar-refractivity contribution in [2.75, 3.05) is 18.4 Å². The monoisotopic (exact) mass is 1490 g/mol. The minimum absolute atomic E-state index is 0. The van der Waals surface area contributed by atoms with Gasteiger partial charge in [0, 0.05) is 59.5 Å². The van der Waals surface area contributed by atoms with Crippen LogP contribution in [0.5, 0.6) is 0 Å². The van der Waals surface area contributed by atoms with Crippen LogP contribution in [0.25, 0.3) is 21.8 Å². The summed E-state index contributed by atoms with van der Waals surface area (Å²) in [5.74, 6) is -2.74. The van der Waals surface area contributed by atoms with Crippen molar-refractivity contribution < 1.29 is 171 Å². The zero-order valence-electron chi connectivity index (χ0n) is 54.1. The predicted octanol–water partition coefficient (Wildman–Crippen LogP) is 2.25. The quantitative estimate of drug-likeness (QED) is 0.0150. The number of aliphatic carboxylic acids is 1. The van der Waals surface area contributed by atoms with Gasteiger partial charge in [0.1, 0.15) is 36.3 Å². The Labute approximate surface area is 657 Å². The molecule has 0 unspecified atom stereocenters. The number of amides is 5. The fourth-order valence-corrected chi connectivity index (χ4v) is 10.1. The molecule has 5 aromatic carbocycles. The van der Waals surface area contributed by atoms with Crippen LogP contribution < -0.4 is 141 Å². The van der Waals surface area contributed by atoms with E-state index in [4.69, 9.17) is 67.2 Å². The van der Waals surface area contributed by atoms with E-state index in [1.54, 1.807) is 78.9 Å². The van der Waals surface area contributed by atoms with E-state index in [9.17, 15) is 46.7 Å². The summed E-state index contributed by atoms with van der Waals surface area (Å²) in [6, 6.07) is 28.7. The number of ketones is 1.